The molecular formula is C22H19N3O3S. The largest absolute Gasteiger partial charge is 0.454 e. The maximum Gasteiger partial charge on any atom is 0.268 e. The van der Waals surface area contributed by atoms with Gasteiger partial charge in [0.15, 0.2) is 11.5 Å². The highest BCUT2D eigenvalue weighted by Crippen LogP contribution is 2.34. The number of anilines is 1. The maximum atomic E-state index is 13.5. The number of para-hydroxylation sites is 1. The van der Waals surface area contributed by atoms with Crippen LogP contribution < -0.4 is 14.4 Å². The number of thiophene rings is 1. The molecule has 0 N–H and O–H groups in total. The molecule has 0 saturated heterocycles. The van der Waals surface area contributed by atoms with E-state index >= 15 is 0 Å². The summed E-state index contributed by atoms with van der Waals surface area (Å²) >= 11 is 1.47. The number of aromatic nitrogens is 2. The van der Waals surface area contributed by atoms with Gasteiger partial charge in [0.05, 0.1) is 17.1 Å². The van der Waals surface area contributed by atoms with Crippen LogP contribution in [0.25, 0.3) is 10.2 Å². The van der Waals surface area contributed by atoms with E-state index in [4.69, 9.17) is 9.47 Å². The molecule has 6 nitrogen and oxygen atoms in total. The molecule has 0 unspecified atom stereocenters. The average Bonchev–Trinajstić information content (AvgIpc) is 3.44. The van der Waals surface area contributed by atoms with Crippen molar-refractivity contribution in [3.05, 3.63) is 70.7 Å². The second-order valence-corrected chi connectivity index (χ2v) is 7.98. The molecule has 0 radical (unpaired) electrons. The third kappa shape index (κ3) is 3.13. The number of benzene rings is 2. The molecule has 4 aromatic rings. The predicted octanol–water partition coefficient (Wildman–Crippen LogP) is 4.52. The van der Waals surface area contributed by atoms with E-state index in [0.29, 0.717) is 17.2 Å². The molecule has 0 saturated carbocycles. The fraction of sp³-hybridized carbons (Fsp3) is 0.182. The Balaban J connectivity index is 1.52. The zero-order valence-corrected chi connectivity index (χ0v) is 16.9. The summed E-state index contributed by atoms with van der Waals surface area (Å²) in [4.78, 5) is 17.0. The topological polar surface area (TPSA) is 56.6 Å². The van der Waals surface area contributed by atoms with Crippen LogP contribution in [0.4, 0.5) is 5.69 Å². The SMILES string of the molecule is Cc1nn(C)c2sc(C(=O)N(Cc3ccc4c(c3)OCO4)c3ccccc3)cc12. The van der Waals surface area contributed by atoms with Gasteiger partial charge in [0, 0.05) is 18.1 Å². The van der Waals surface area contributed by atoms with Crippen molar-refractivity contribution in [2.24, 2.45) is 7.05 Å². The molecule has 2 aromatic carbocycles. The number of carbonyl (C=O) groups excluding carboxylic acids is 1. The van der Waals surface area contributed by atoms with Crippen molar-refractivity contribution in [1.29, 1.82) is 0 Å². The molecule has 1 aliphatic heterocycles. The van der Waals surface area contributed by atoms with Gasteiger partial charge in [-0.25, -0.2) is 0 Å². The van der Waals surface area contributed by atoms with E-state index in [1.165, 1.54) is 11.3 Å². The fourth-order valence-corrected chi connectivity index (χ4v) is 4.63. The summed E-state index contributed by atoms with van der Waals surface area (Å²) in [5, 5.41) is 5.46. The minimum atomic E-state index is -0.0329. The molecular weight excluding hydrogens is 386 g/mol. The van der Waals surface area contributed by atoms with Gasteiger partial charge < -0.3 is 14.4 Å². The highest BCUT2D eigenvalue weighted by Gasteiger charge is 2.23. The Hall–Kier alpha value is -3.32. The van der Waals surface area contributed by atoms with Gasteiger partial charge in [-0.3, -0.25) is 9.48 Å². The van der Waals surface area contributed by atoms with Gasteiger partial charge >= 0.3 is 0 Å². The van der Waals surface area contributed by atoms with Gasteiger partial charge in [0.1, 0.15) is 4.83 Å². The van der Waals surface area contributed by atoms with Gasteiger partial charge in [0.2, 0.25) is 6.79 Å². The Morgan fingerprint density at radius 3 is 2.72 bits per heavy atom. The van der Waals surface area contributed by atoms with Crippen LogP contribution in [-0.2, 0) is 13.6 Å². The number of fused-ring (bicyclic) bond motifs is 2. The average molecular weight is 405 g/mol. The summed E-state index contributed by atoms with van der Waals surface area (Å²) in [5.74, 6) is 1.42. The summed E-state index contributed by atoms with van der Waals surface area (Å²) in [5.41, 5.74) is 2.76. The molecule has 0 fully saturated rings. The number of hydrogen-bond acceptors (Lipinski definition) is 5. The lowest BCUT2D eigenvalue weighted by atomic mass is 10.1. The molecule has 1 aliphatic rings. The molecule has 0 aliphatic carbocycles. The summed E-state index contributed by atoms with van der Waals surface area (Å²) in [7, 11) is 1.90. The maximum absolute atomic E-state index is 13.5. The quantitative estimate of drug-likeness (QED) is 0.501. The van der Waals surface area contributed by atoms with E-state index in [2.05, 4.69) is 5.10 Å². The molecule has 7 heteroatoms. The van der Waals surface area contributed by atoms with E-state index in [-0.39, 0.29) is 12.7 Å². The van der Waals surface area contributed by atoms with Crippen molar-refractivity contribution in [1.82, 2.24) is 9.78 Å². The van der Waals surface area contributed by atoms with Gasteiger partial charge in [0.25, 0.3) is 5.91 Å². The summed E-state index contributed by atoms with van der Waals surface area (Å²) in [6.07, 6.45) is 0. The first kappa shape index (κ1) is 17.8. The smallest absolute Gasteiger partial charge is 0.268 e. The number of carbonyl (C=O) groups is 1. The lowest BCUT2D eigenvalue weighted by molar-refractivity contribution is 0.0989. The third-order valence-corrected chi connectivity index (χ3v) is 6.19. The Kier molecular flexibility index (Phi) is 4.24. The second-order valence-electron chi connectivity index (χ2n) is 6.95. The standard InChI is InChI=1S/C22H19N3O3S/c1-14-17-11-20(29-22(17)24(2)23-14)21(26)25(16-6-4-3-5-7-16)12-15-8-9-18-19(10-15)28-13-27-18/h3-11H,12-13H2,1-2H3. The molecule has 2 aromatic heterocycles. The highest BCUT2D eigenvalue weighted by molar-refractivity contribution is 7.20. The van der Waals surface area contributed by atoms with Gasteiger partial charge in [-0.15, -0.1) is 11.3 Å². The Morgan fingerprint density at radius 2 is 1.93 bits per heavy atom. The van der Waals surface area contributed by atoms with Crippen LogP contribution in [0.15, 0.2) is 54.6 Å². The third-order valence-electron chi connectivity index (χ3n) is 5.00. The van der Waals surface area contributed by atoms with Crippen molar-refractivity contribution in [3.63, 3.8) is 0 Å². The van der Waals surface area contributed by atoms with E-state index < -0.39 is 0 Å². The number of rotatable bonds is 4. The minimum absolute atomic E-state index is 0.0329. The molecule has 3 heterocycles. The van der Waals surface area contributed by atoms with Crippen molar-refractivity contribution in [3.8, 4) is 11.5 Å². The fourth-order valence-electron chi connectivity index (χ4n) is 3.55. The monoisotopic (exact) mass is 405 g/mol. The minimum Gasteiger partial charge on any atom is -0.454 e. The number of ether oxygens (including phenoxy) is 2. The lowest BCUT2D eigenvalue weighted by Crippen LogP contribution is -2.29. The molecule has 5 rings (SSSR count). The van der Waals surface area contributed by atoms with E-state index in [0.717, 1.165) is 32.9 Å². The Bertz CT molecular complexity index is 1180. The van der Waals surface area contributed by atoms with Crippen molar-refractivity contribution in [2.45, 2.75) is 13.5 Å². The van der Waals surface area contributed by atoms with Crippen molar-refractivity contribution < 1.29 is 14.3 Å². The molecule has 146 valence electrons. The lowest BCUT2D eigenvalue weighted by Gasteiger charge is -2.22. The first-order valence-electron chi connectivity index (χ1n) is 9.29. The van der Waals surface area contributed by atoms with Crippen LogP contribution in [0, 0.1) is 6.92 Å². The summed E-state index contributed by atoms with van der Waals surface area (Å²) in [6, 6.07) is 17.5. The van der Waals surface area contributed by atoms with Crippen LogP contribution in [0.1, 0.15) is 20.9 Å². The van der Waals surface area contributed by atoms with Gasteiger partial charge in [-0.1, -0.05) is 24.3 Å². The van der Waals surface area contributed by atoms with E-state index in [1.54, 1.807) is 4.90 Å². The molecule has 0 atom stereocenters. The first-order chi connectivity index (χ1) is 14.1. The molecule has 0 bridgehead atoms. The van der Waals surface area contributed by atoms with Crippen molar-refractivity contribution in [2.75, 3.05) is 11.7 Å². The Morgan fingerprint density at radius 1 is 1.14 bits per heavy atom. The summed E-state index contributed by atoms with van der Waals surface area (Å²) < 4.78 is 12.7. The predicted molar refractivity (Wildman–Crippen MR) is 113 cm³/mol. The zero-order valence-electron chi connectivity index (χ0n) is 16.1. The van der Waals surface area contributed by atoms with Crippen LogP contribution in [-0.4, -0.2) is 22.5 Å². The number of nitrogens with zero attached hydrogens (tertiary/aromatic N) is 3. The van der Waals surface area contributed by atoms with Gasteiger partial charge in [-0.05, 0) is 42.8 Å². The van der Waals surface area contributed by atoms with Crippen LogP contribution >= 0.6 is 11.3 Å². The first-order valence-corrected chi connectivity index (χ1v) is 10.1. The number of hydrogen-bond donors (Lipinski definition) is 0. The Labute approximate surface area is 171 Å². The van der Waals surface area contributed by atoms with Crippen LogP contribution in [0.5, 0.6) is 11.5 Å². The van der Waals surface area contributed by atoms with E-state index in [9.17, 15) is 4.79 Å². The molecule has 0 spiro atoms. The normalized spacial score (nSPS) is 12.5. The number of aryl methyl sites for hydroxylation is 2. The van der Waals surface area contributed by atoms with Gasteiger partial charge in [-0.2, -0.15) is 5.10 Å². The van der Waals surface area contributed by atoms with Crippen LogP contribution in [0.2, 0.25) is 0 Å². The highest BCUT2D eigenvalue weighted by atomic mass is 32.1. The second kappa shape index (κ2) is 6.93. The number of amides is 1. The van der Waals surface area contributed by atoms with E-state index in [1.807, 2.05) is 73.3 Å². The molecule has 29 heavy (non-hydrogen) atoms. The van der Waals surface area contributed by atoms with Crippen molar-refractivity contribution >= 4 is 33.1 Å². The summed E-state index contributed by atoms with van der Waals surface area (Å²) in [6.45, 7) is 2.63. The van der Waals surface area contributed by atoms with Crippen LogP contribution in [0.3, 0.4) is 0 Å². The zero-order chi connectivity index (χ0) is 20.0. The molecule has 1 amide bonds.